The minimum atomic E-state index is -3.12. The third-order valence-corrected chi connectivity index (χ3v) is 7.54. The number of amides is 1. The van der Waals surface area contributed by atoms with Gasteiger partial charge in [-0.15, -0.1) is 11.8 Å². The highest BCUT2D eigenvalue weighted by Gasteiger charge is 2.27. The highest BCUT2D eigenvalue weighted by Crippen LogP contribution is 2.23. The predicted octanol–water partition coefficient (Wildman–Crippen LogP) is 2.86. The lowest BCUT2D eigenvalue weighted by atomic mass is 10.1. The van der Waals surface area contributed by atoms with Gasteiger partial charge in [0, 0.05) is 24.0 Å². The zero-order valence-electron chi connectivity index (χ0n) is 14.8. The maximum atomic E-state index is 12.2. The Labute approximate surface area is 159 Å². The van der Waals surface area contributed by atoms with Crippen LogP contribution in [0.4, 0.5) is 0 Å². The number of sulfonamides is 1. The number of piperidine rings is 1. The van der Waals surface area contributed by atoms with Crippen LogP contribution in [0, 0.1) is 0 Å². The van der Waals surface area contributed by atoms with Crippen molar-refractivity contribution in [3.63, 3.8) is 0 Å². The molecule has 1 N–H and O–H groups in total. The minimum Gasteiger partial charge on any atom is -0.353 e. The van der Waals surface area contributed by atoms with Gasteiger partial charge in [0.1, 0.15) is 0 Å². The van der Waals surface area contributed by atoms with Crippen LogP contribution < -0.4 is 5.32 Å². The lowest BCUT2D eigenvalue weighted by molar-refractivity contribution is -0.119. The van der Waals surface area contributed by atoms with Gasteiger partial charge in [-0.05, 0) is 42.7 Å². The van der Waals surface area contributed by atoms with Crippen molar-refractivity contribution in [3.8, 4) is 0 Å². The Bertz CT molecular complexity index is 875. The summed E-state index contributed by atoms with van der Waals surface area (Å²) in [6.45, 7) is 2.63. The molecule has 2 aromatic carbocycles. The van der Waals surface area contributed by atoms with Crippen molar-refractivity contribution in [3.05, 3.63) is 42.5 Å². The van der Waals surface area contributed by atoms with Crippen molar-refractivity contribution >= 4 is 38.5 Å². The Kier molecular flexibility index (Phi) is 6.21. The van der Waals surface area contributed by atoms with Crippen LogP contribution in [0.2, 0.25) is 0 Å². The second-order valence-corrected chi connectivity index (χ2v) is 9.75. The van der Waals surface area contributed by atoms with E-state index in [1.54, 1.807) is 6.92 Å². The Morgan fingerprint density at radius 1 is 1.15 bits per heavy atom. The first-order valence-corrected chi connectivity index (χ1v) is 11.5. The molecule has 5 nitrogen and oxygen atoms in total. The number of carbonyl (C=O) groups excluding carboxylic acids is 1. The van der Waals surface area contributed by atoms with E-state index in [0.717, 1.165) is 4.90 Å². The molecule has 0 spiro atoms. The maximum Gasteiger partial charge on any atom is 0.230 e. The van der Waals surface area contributed by atoms with E-state index in [0.29, 0.717) is 31.7 Å². The number of hydrogen-bond donors (Lipinski definition) is 1. The van der Waals surface area contributed by atoms with Gasteiger partial charge >= 0.3 is 0 Å². The molecule has 0 atom stereocenters. The third-order valence-electron chi connectivity index (χ3n) is 4.67. The Balaban J connectivity index is 1.47. The quantitative estimate of drug-likeness (QED) is 0.768. The molecule has 3 rings (SSSR count). The minimum absolute atomic E-state index is 0.0000396. The van der Waals surface area contributed by atoms with Crippen molar-refractivity contribution < 1.29 is 13.2 Å². The van der Waals surface area contributed by atoms with E-state index in [1.807, 2.05) is 18.2 Å². The molecule has 0 unspecified atom stereocenters. The largest absolute Gasteiger partial charge is 0.353 e. The fourth-order valence-corrected chi connectivity index (χ4v) is 5.02. The molecule has 0 saturated carbocycles. The molecule has 26 heavy (non-hydrogen) atoms. The van der Waals surface area contributed by atoms with Gasteiger partial charge in [0.15, 0.2) is 0 Å². The van der Waals surface area contributed by atoms with Crippen LogP contribution in [-0.2, 0) is 14.8 Å². The molecule has 1 amide bonds. The molecule has 1 heterocycles. The van der Waals surface area contributed by atoms with E-state index in [-0.39, 0.29) is 17.7 Å². The summed E-state index contributed by atoms with van der Waals surface area (Å²) in [7, 11) is -3.12. The Morgan fingerprint density at radius 3 is 2.54 bits per heavy atom. The van der Waals surface area contributed by atoms with Crippen molar-refractivity contribution in [2.24, 2.45) is 0 Å². The van der Waals surface area contributed by atoms with Crippen LogP contribution in [0.5, 0.6) is 0 Å². The number of rotatable bonds is 6. The van der Waals surface area contributed by atoms with Crippen molar-refractivity contribution in [2.45, 2.75) is 30.7 Å². The summed E-state index contributed by atoms with van der Waals surface area (Å²) in [5.41, 5.74) is 0. The number of nitrogens with zero attached hydrogens (tertiary/aromatic N) is 1. The van der Waals surface area contributed by atoms with E-state index in [4.69, 9.17) is 0 Å². The summed E-state index contributed by atoms with van der Waals surface area (Å²) < 4.78 is 25.3. The molecule has 0 bridgehead atoms. The molecule has 140 valence electrons. The Morgan fingerprint density at radius 2 is 1.85 bits per heavy atom. The van der Waals surface area contributed by atoms with Gasteiger partial charge in [-0.3, -0.25) is 4.79 Å². The van der Waals surface area contributed by atoms with Crippen LogP contribution in [0.3, 0.4) is 0 Å². The standard InChI is InChI=1S/C19H24N2O3S2/c1-2-26(23,24)21-11-9-17(10-12-21)20-19(22)14-25-18-8-7-15-5-3-4-6-16(15)13-18/h3-8,13,17H,2,9-12,14H2,1H3,(H,20,22). The first-order chi connectivity index (χ1) is 12.5. The van der Waals surface area contributed by atoms with Crippen LogP contribution in [0.15, 0.2) is 47.4 Å². The number of nitrogens with one attached hydrogen (secondary N) is 1. The monoisotopic (exact) mass is 392 g/mol. The second-order valence-electron chi connectivity index (χ2n) is 6.44. The molecule has 1 aliphatic heterocycles. The molecule has 7 heteroatoms. The Hall–Kier alpha value is -1.57. The fraction of sp³-hybridized carbons (Fsp3) is 0.421. The van der Waals surface area contributed by atoms with Gasteiger partial charge in [0.25, 0.3) is 0 Å². The number of thioether (sulfide) groups is 1. The molecule has 0 aromatic heterocycles. The predicted molar refractivity (Wildman–Crippen MR) is 107 cm³/mol. The summed E-state index contributed by atoms with van der Waals surface area (Å²) in [4.78, 5) is 13.3. The van der Waals surface area contributed by atoms with Gasteiger partial charge in [-0.1, -0.05) is 30.3 Å². The van der Waals surface area contributed by atoms with Crippen LogP contribution in [-0.4, -0.2) is 49.3 Å². The lowest BCUT2D eigenvalue weighted by Crippen LogP contribution is -2.47. The lowest BCUT2D eigenvalue weighted by Gasteiger charge is -2.31. The first kappa shape index (κ1) is 19.2. The van der Waals surface area contributed by atoms with E-state index in [9.17, 15) is 13.2 Å². The molecular weight excluding hydrogens is 368 g/mol. The topological polar surface area (TPSA) is 66.5 Å². The summed E-state index contributed by atoms with van der Waals surface area (Å²) in [5, 5.41) is 5.39. The molecule has 1 saturated heterocycles. The molecule has 1 aliphatic rings. The van der Waals surface area contributed by atoms with Crippen molar-refractivity contribution in [1.82, 2.24) is 9.62 Å². The van der Waals surface area contributed by atoms with Gasteiger partial charge in [-0.25, -0.2) is 12.7 Å². The summed E-state index contributed by atoms with van der Waals surface area (Å²) in [5.74, 6) is 0.498. The van der Waals surface area contributed by atoms with E-state index in [2.05, 4.69) is 29.6 Å². The highest BCUT2D eigenvalue weighted by atomic mass is 32.2. The van der Waals surface area contributed by atoms with E-state index >= 15 is 0 Å². The fourth-order valence-electron chi connectivity index (χ4n) is 3.14. The van der Waals surface area contributed by atoms with Crippen LogP contribution in [0.25, 0.3) is 10.8 Å². The third kappa shape index (κ3) is 4.78. The smallest absolute Gasteiger partial charge is 0.230 e. The number of benzene rings is 2. The summed E-state index contributed by atoms with van der Waals surface area (Å²) >= 11 is 1.52. The average Bonchev–Trinajstić information content (AvgIpc) is 2.66. The maximum absolute atomic E-state index is 12.2. The molecule has 0 aliphatic carbocycles. The number of carbonyl (C=O) groups is 1. The highest BCUT2D eigenvalue weighted by molar-refractivity contribution is 8.00. The zero-order valence-corrected chi connectivity index (χ0v) is 16.5. The van der Waals surface area contributed by atoms with Crippen LogP contribution >= 0.6 is 11.8 Å². The van der Waals surface area contributed by atoms with Gasteiger partial charge < -0.3 is 5.32 Å². The van der Waals surface area contributed by atoms with E-state index in [1.165, 1.54) is 26.8 Å². The van der Waals surface area contributed by atoms with E-state index < -0.39 is 10.0 Å². The summed E-state index contributed by atoms with van der Waals surface area (Å²) in [6.07, 6.45) is 1.34. The molecule has 0 radical (unpaired) electrons. The molecule has 1 fully saturated rings. The SMILES string of the molecule is CCS(=O)(=O)N1CCC(NC(=O)CSc2ccc3ccccc3c2)CC1. The zero-order chi connectivity index (χ0) is 18.6. The van der Waals surface area contributed by atoms with Crippen molar-refractivity contribution in [1.29, 1.82) is 0 Å². The number of hydrogen-bond acceptors (Lipinski definition) is 4. The molecule has 2 aromatic rings. The van der Waals surface area contributed by atoms with Crippen molar-refractivity contribution in [2.75, 3.05) is 24.6 Å². The second kappa shape index (κ2) is 8.41. The average molecular weight is 393 g/mol. The van der Waals surface area contributed by atoms with Gasteiger partial charge in [0.05, 0.1) is 11.5 Å². The molecular formula is C19H24N2O3S2. The normalized spacial score (nSPS) is 16.7. The van der Waals surface area contributed by atoms with Gasteiger partial charge in [-0.2, -0.15) is 0 Å². The van der Waals surface area contributed by atoms with Crippen LogP contribution in [0.1, 0.15) is 19.8 Å². The number of fused-ring (bicyclic) bond motifs is 1. The van der Waals surface area contributed by atoms with Gasteiger partial charge in [0.2, 0.25) is 15.9 Å². The first-order valence-electron chi connectivity index (χ1n) is 8.87. The summed E-state index contributed by atoms with van der Waals surface area (Å²) in [6, 6.07) is 14.4.